The van der Waals surface area contributed by atoms with Crippen LogP contribution in [0.4, 0.5) is 5.69 Å². The van der Waals surface area contributed by atoms with Crippen molar-refractivity contribution in [3.8, 4) is 0 Å². The number of rotatable bonds is 3. The Morgan fingerprint density at radius 2 is 1.95 bits per heavy atom. The van der Waals surface area contributed by atoms with Gasteiger partial charge >= 0.3 is 0 Å². The summed E-state index contributed by atoms with van der Waals surface area (Å²) < 4.78 is 0. The van der Waals surface area contributed by atoms with E-state index in [0.717, 1.165) is 11.4 Å². The highest BCUT2D eigenvalue weighted by atomic mass is 35.5. The van der Waals surface area contributed by atoms with Crippen LogP contribution in [0, 0.1) is 5.41 Å². The van der Waals surface area contributed by atoms with Crippen LogP contribution in [0.25, 0.3) is 0 Å². The van der Waals surface area contributed by atoms with E-state index in [4.69, 9.17) is 11.6 Å². The summed E-state index contributed by atoms with van der Waals surface area (Å²) in [6.07, 6.45) is 3.20. The van der Waals surface area contributed by atoms with E-state index in [1.54, 1.807) is 11.8 Å². The maximum Gasteiger partial charge on any atom is 0.0571 e. The van der Waals surface area contributed by atoms with Crippen molar-refractivity contribution in [3.63, 3.8) is 0 Å². The topological polar surface area (TPSA) is 12.0 Å². The van der Waals surface area contributed by atoms with E-state index in [-0.39, 0.29) is 5.41 Å². The Kier molecular flexibility index (Phi) is 3.94. The van der Waals surface area contributed by atoms with Crippen LogP contribution in [0.5, 0.6) is 0 Å². The third kappa shape index (κ3) is 2.79. The quantitative estimate of drug-likeness (QED) is 0.718. The summed E-state index contributed by atoms with van der Waals surface area (Å²) in [6, 6.07) is 15.1. The maximum absolute atomic E-state index is 6.21. The molecule has 1 aliphatic rings. The Balaban J connectivity index is 2.00. The highest BCUT2D eigenvalue weighted by molar-refractivity contribution is 7.98. The molecular formula is C18H20ClNS. The molecule has 3 heteroatoms. The van der Waals surface area contributed by atoms with E-state index in [0.29, 0.717) is 6.04 Å². The Morgan fingerprint density at radius 1 is 1.19 bits per heavy atom. The van der Waals surface area contributed by atoms with E-state index in [1.807, 2.05) is 6.07 Å². The maximum atomic E-state index is 6.21. The fourth-order valence-electron chi connectivity index (χ4n) is 3.20. The van der Waals surface area contributed by atoms with Crippen LogP contribution in [0.15, 0.2) is 47.4 Å². The largest absolute Gasteiger partial charge is 0.377 e. The van der Waals surface area contributed by atoms with Crippen molar-refractivity contribution in [2.75, 3.05) is 11.6 Å². The number of hydrogen-bond donors (Lipinski definition) is 1. The van der Waals surface area contributed by atoms with Gasteiger partial charge in [-0.05, 0) is 53.5 Å². The fourth-order valence-corrected chi connectivity index (χ4v) is 3.94. The minimum absolute atomic E-state index is 0.179. The van der Waals surface area contributed by atoms with Crippen molar-refractivity contribution in [3.05, 3.63) is 58.6 Å². The summed E-state index contributed by atoms with van der Waals surface area (Å²) in [7, 11) is 0. The van der Waals surface area contributed by atoms with Gasteiger partial charge in [-0.3, -0.25) is 0 Å². The lowest BCUT2D eigenvalue weighted by Gasteiger charge is -2.30. The molecule has 1 nitrogen and oxygen atoms in total. The second-order valence-electron chi connectivity index (χ2n) is 6.29. The molecule has 0 aromatic heterocycles. The second kappa shape index (κ2) is 5.58. The molecule has 0 saturated carbocycles. The number of halogens is 1. The van der Waals surface area contributed by atoms with Gasteiger partial charge in [0.1, 0.15) is 0 Å². The number of nitrogens with one attached hydrogen (secondary N) is 1. The Bertz CT molecular complexity index is 666. The number of benzene rings is 2. The van der Waals surface area contributed by atoms with Gasteiger partial charge in [0.2, 0.25) is 0 Å². The zero-order chi connectivity index (χ0) is 15.0. The molecule has 0 spiro atoms. The number of fused-ring (bicyclic) bond motifs is 1. The van der Waals surface area contributed by atoms with Crippen molar-refractivity contribution in [2.24, 2.45) is 5.41 Å². The van der Waals surface area contributed by atoms with Gasteiger partial charge in [0.25, 0.3) is 0 Å². The van der Waals surface area contributed by atoms with E-state index >= 15 is 0 Å². The number of anilines is 1. The van der Waals surface area contributed by atoms with Gasteiger partial charge in [-0.15, -0.1) is 11.8 Å². The van der Waals surface area contributed by atoms with Gasteiger partial charge in [0.05, 0.1) is 6.04 Å². The molecule has 2 aromatic carbocycles. The molecule has 0 heterocycles. The molecule has 1 unspecified atom stereocenters. The fraction of sp³-hybridized carbons (Fsp3) is 0.333. The Hall–Kier alpha value is -1.12. The van der Waals surface area contributed by atoms with Gasteiger partial charge in [0.15, 0.2) is 0 Å². The molecule has 0 saturated heterocycles. The monoisotopic (exact) mass is 317 g/mol. The van der Waals surface area contributed by atoms with Crippen molar-refractivity contribution in [2.45, 2.75) is 31.2 Å². The molecule has 0 aliphatic heterocycles. The summed E-state index contributed by atoms with van der Waals surface area (Å²) in [6.45, 7) is 4.64. The predicted octanol–water partition coefficient (Wildman–Crippen LogP) is 5.80. The molecule has 110 valence electrons. The molecule has 0 amide bonds. The van der Waals surface area contributed by atoms with Crippen molar-refractivity contribution < 1.29 is 0 Å². The van der Waals surface area contributed by atoms with Crippen LogP contribution in [-0.4, -0.2) is 6.26 Å². The summed E-state index contributed by atoms with van der Waals surface area (Å²) >= 11 is 7.99. The van der Waals surface area contributed by atoms with Crippen molar-refractivity contribution in [1.82, 2.24) is 0 Å². The van der Waals surface area contributed by atoms with Crippen LogP contribution < -0.4 is 5.32 Å². The highest BCUT2D eigenvalue weighted by Gasteiger charge is 2.39. The zero-order valence-electron chi connectivity index (χ0n) is 12.6. The smallest absolute Gasteiger partial charge is 0.0571 e. The average Bonchev–Trinajstić information content (AvgIpc) is 2.70. The van der Waals surface area contributed by atoms with Gasteiger partial charge in [-0.2, -0.15) is 0 Å². The van der Waals surface area contributed by atoms with Gasteiger partial charge in [-0.1, -0.05) is 43.6 Å². The van der Waals surface area contributed by atoms with E-state index < -0.39 is 0 Å². The number of hydrogen-bond acceptors (Lipinski definition) is 2. The summed E-state index contributed by atoms with van der Waals surface area (Å²) in [5.74, 6) is 0. The Morgan fingerprint density at radius 3 is 2.71 bits per heavy atom. The minimum Gasteiger partial charge on any atom is -0.377 e. The third-order valence-corrected chi connectivity index (χ3v) is 5.28. The molecule has 2 aromatic rings. The standard InChI is InChI=1S/C18H20ClNS/c1-18(2)11-12-8-9-13(19)10-14(12)17(18)20-15-6-4-5-7-16(15)21-3/h4-10,17,20H,11H2,1-3H3. The zero-order valence-corrected chi connectivity index (χ0v) is 14.2. The first-order valence-electron chi connectivity index (χ1n) is 7.19. The van der Waals surface area contributed by atoms with Gasteiger partial charge in [0, 0.05) is 15.6 Å². The Labute approximate surface area is 136 Å². The highest BCUT2D eigenvalue weighted by Crippen LogP contribution is 2.48. The lowest BCUT2D eigenvalue weighted by atomic mass is 9.85. The minimum atomic E-state index is 0.179. The van der Waals surface area contributed by atoms with E-state index in [2.05, 4.69) is 61.8 Å². The van der Waals surface area contributed by atoms with E-state index in [1.165, 1.54) is 21.7 Å². The lowest BCUT2D eigenvalue weighted by molar-refractivity contribution is 0.337. The van der Waals surface area contributed by atoms with Crippen LogP contribution in [0.2, 0.25) is 5.02 Å². The van der Waals surface area contributed by atoms with Crippen LogP contribution in [0.3, 0.4) is 0 Å². The molecule has 0 fully saturated rings. The normalized spacial score (nSPS) is 19.3. The SMILES string of the molecule is CSc1ccccc1NC1c2cc(Cl)ccc2CC1(C)C. The lowest BCUT2D eigenvalue weighted by Crippen LogP contribution is -2.24. The second-order valence-corrected chi connectivity index (χ2v) is 7.57. The van der Waals surface area contributed by atoms with Gasteiger partial charge < -0.3 is 5.32 Å². The van der Waals surface area contributed by atoms with E-state index in [9.17, 15) is 0 Å². The van der Waals surface area contributed by atoms with Crippen LogP contribution in [0.1, 0.15) is 31.0 Å². The summed E-state index contributed by atoms with van der Waals surface area (Å²) in [4.78, 5) is 1.28. The summed E-state index contributed by atoms with van der Waals surface area (Å²) in [5, 5.41) is 4.57. The first-order chi connectivity index (χ1) is 10.0. The first-order valence-corrected chi connectivity index (χ1v) is 8.79. The summed E-state index contributed by atoms with van der Waals surface area (Å²) in [5.41, 5.74) is 4.13. The van der Waals surface area contributed by atoms with Gasteiger partial charge in [-0.25, -0.2) is 0 Å². The molecule has 1 N–H and O–H groups in total. The molecule has 1 aliphatic carbocycles. The predicted molar refractivity (Wildman–Crippen MR) is 93.5 cm³/mol. The molecule has 3 rings (SSSR count). The van der Waals surface area contributed by atoms with Crippen molar-refractivity contribution >= 4 is 29.1 Å². The number of para-hydroxylation sites is 1. The average molecular weight is 318 g/mol. The first kappa shape index (κ1) is 14.8. The molecule has 1 atom stereocenters. The molecular weight excluding hydrogens is 298 g/mol. The molecule has 0 radical (unpaired) electrons. The molecule has 0 bridgehead atoms. The number of thioether (sulfide) groups is 1. The third-order valence-electron chi connectivity index (χ3n) is 4.25. The van der Waals surface area contributed by atoms with Crippen LogP contribution >= 0.6 is 23.4 Å². The van der Waals surface area contributed by atoms with Crippen LogP contribution in [-0.2, 0) is 6.42 Å². The van der Waals surface area contributed by atoms with Crippen molar-refractivity contribution in [1.29, 1.82) is 0 Å². The molecule has 21 heavy (non-hydrogen) atoms.